The van der Waals surface area contributed by atoms with Crippen LogP contribution in [0.2, 0.25) is 5.15 Å². The highest BCUT2D eigenvalue weighted by Crippen LogP contribution is 2.23. The van der Waals surface area contributed by atoms with E-state index in [4.69, 9.17) is 11.6 Å². The number of hydrogen-bond acceptors (Lipinski definition) is 2. The molecule has 0 unspecified atom stereocenters. The molecule has 5 heteroatoms. The first-order valence-electron chi connectivity index (χ1n) is 3.35. The molecule has 1 N–H and O–H groups in total. The van der Waals surface area contributed by atoms with Crippen molar-refractivity contribution < 1.29 is 0 Å². The number of H-pyrrole nitrogens is 1. The Morgan fingerprint density at radius 3 is 3.00 bits per heavy atom. The van der Waals surface area contributed by atoms with Crippen molar-refractivity contribution in [1.29, 1.82) is 0 Å². The van der Waals surface area contributed by atoms with Gasteiger partial charge >= 0.3 is 0 Å². The second-order valence-electron chi connectivity index (χ2n) is 2.44. The van der Waals surface area contributed by atoms with Crippen molar-refractivity contribution in [2.24, 2.45) is 0 Å². The fourth-order valence-corrected chi connectivity index (χ4v) is 1.73. The van der Waals surface area contributed by atoms with E-state index in [-0.39, 0.29) is 0 Å². The Bertz CT molecular complexity index is 437. The van der Waals surface area contributed by atoms with Gasteiger partial charge in [0, 0.05) is 0 Å². The smallest absolute Gasteiger partial charge is 0.143 e. The molecule has 0 bridgehead atoms. The summed E-state index contributed by atoms with van der Waals surface area (Å²) in [5, 5.41) is 1.33. The predicted octanol–water partition coefficient (Wildman–Crippen LogP) is 2.68. The summed E-state index contributed by atoms with van der Waals surface area (Å²) >= 11 is 9.19. The normalized spacial score (nSPS) is 10.9. The summed E-state index contributed by atoms with van der Waals surface area (Å²) in [4.78, 5) is 11.2. The van der Waals surface area contributed by atoms with Gasteiger partial charge in [-0.2, -0.15) is 0 Å². The van der Waals surface area contributed by atoms with Crippen LogP contribution in [0.5, 0.6) is 0 Å². The number of fused-ring (bicyclic) bond motifs is 1. The summed E-state index contributed by atoms with van der Waals surface area (Å²) in [7, 11) is 0. The van der Waals surface area contributed by atoms with Crippen LogP contribution in [0.1, 0.15) is 5.82 Å². The molecule has 0 aliphatic rings. The quantitative estimate of drug-likeness (QED) is 0.726. The van der Waals surface area contributed by atoms with Crippen LogP contribution in [-0.4, -0.2) is 15.0 Å². The zero-order valence-corrected chi connectivity index (χ0v) is 8.57. The van der Waals surface area contributed by atoms with Gasteiger partial charge in [-0.3, -0.25) is 0 Å². The Kier molecular flexibility index (Phi) is 1.81. The van der Waals surface area contributed by atoms with E-state index in [1.54, 1.807) is 6.92 Å². The van der Waals surface area contributed by atoms with E-state index in [1.165, 1.54) is 0 Å². The third-order valence-corrected chi connectivity index (χ3v) is 2.24. The van der Waals surface area contributed by atoms with E-state index in [2.05, 4.69) is 30.9 Å². The number of halogens is 2. The molecule has 2 aromatic rings. The molecule has 0 amide bonds. The number of aryl methyl sites for hydroxylation is 1. The van der Waals surface area contributed by atoms with Gasteiger partial charge in [-0.25, -0.2) is 9.97 Å². The van der Waals surface area contributed by atoms with Crippen molar-refractivity contribution in [3.8, 4) is 0 Å². The van der Waals surface area contributed by atoms with Crippen molar-refractivity contribution in [3.05, 3.63) is 21.6 Å². The minimum absolute atomic E-state index is 0.486. The number of nitrogens with zero attached hydrogens (tertiary/aromatic N) is 2. The highest BCUT2D eigenvalue weighted by molar-refractivity contribution is 9.10. The molecule has 0 radical (unpaired) electrons. The second kappa shape index (κ2) is 2.71. The first kappa shape index (κ1) is 8.01. The van der Waals surface area contributed by atoms with Crippen molar-refractivity contribution >= 4 is 38.6 Å². The van der Waals surface area contributed by atoms with Gasteiger partial charge in [-0.1, -0.05) is 11.6 Å². The molecule has 0 aliphatic carbocycles. The molecule has 0 saturated carbocycles. The van der Waals surface area contributed by atoms with Crippen LogP contribution in [0.3, 0.4) is 0 Å². The second-order valence-corrected chi connectivity index (χ2v) is 3.65. The lowest BCUT2D eigenvalue weighted by Gasteiger charge is -1.93. The predicted molar refractivity (Wildman–Crippen MR) is 51.3 cm³/mol. The Labute approximate surface area is 82.3 Å². The van der Waals surface area contributed by atoms with E-state index in [1.807, 2.05) is 6.07 Å². The van der Waals surface area contributed by atoms with Crippen LogP contribution >= 0.6 is 27.5 Å². The fraction of sp³-hybridized carbons (Fsp3) is 0.143. The Morgan fingerprint density at radius 2 is 2.25 bits per heavy atom. The van der Waals surface area contributed by atoms with Crippen LogP contribution in [0, 0.1) is 6.92 Å². The molecule has 2 rings (SSSR count). The number of aromatic amines is 1. The van der Waals surface area contributed by atoms with Crippen LogP contribution in [0.25, 0.3) is 11.0 Å². The van der Waals surface area contributed by atoms with Crippen molar-refractivity contribution in [2.75, 3.05) is 0 Å². The molecule has 0 aromatic carbocycles. The first-order valence-corrected chi connectivity index (χ1v) is 4.52. The summed E-state index contributed by atoms with van der Waals surface area (Å²) in [6, 6.07) is 1.86. The third-order valence-electron chi connectivity index (χ3n) is 1.52. The summed E-state index contributed by atoms with van der Waals surface area (Å²) in [6.45, 7) is 1.81. The van der Waals surface area contributed by atoms with Crippen molar-refractivity contribution in [3.63, 3.8) is 0 Å². The van der Waals surface area contributed by atoms with Crippen LogP contribution in [0.4, 0.5) is 0 Å². The zero-order chi connectivity index (χ0) is 8.72. The maximum absolute atomic E-state index is 5.88. The minimum atomic E-state index is 0.486. The SMILES string of the molecule is Cc1nc(Cl)c2cc(Br)[nH]c2n1. The summed E-state index contributed by atoms with van der Waals surface area (Å²) in [5.74, 6) is 0.668. The van der Waals surface area contributed by atoms with Gasteiger partial charge in [-0.05, 0) is 28.9 Å². The van der Waals surface area contributed by atoms with Gasteiger partial charge in [-0.15, -0.1) is 0 Å². The zero-order valence-electron chi connectivity index (χ0n) is 6.23. The molecule has 0 fully saturated rings. The van der Waals surface area contributed by atoms with Crippen LogP contribution in [-0.2, 0) is 0 Å². The molecule has 62 valence electrons. The van der Waals surface area contributed by atoms with E-state index < -0.39 is 0 Å². The monoisotopic (exact) mass is 245 g/mol. The molecular formula is C7H5BrClN3. The number of aromatic nitrogens is 3. The molecule has 3 nitrogen and oxygen atoms in total. The number of rotatable bonds is 0. The van der Waals surface area contributed by atoms with Gasteiger partial charge in [0.1, 0.15) is 16.6 Å². The molecule has 2 heterocycles. The summed E-state index contributed by atoms with van der Waals surface area (Å²) in [6.07, 6.45) is 0. The first-order chi connectivity index (χ1) is 5.66. The highest BCUT2D eigenvalue weighted by Gasteiger charge is 2.05. The average Bonchev–Trinajstić information content (AvgIpc) is 2.29. The van der Waals surface area contributed by atoms with E-state index in [9.17, 15) is 0 Å². The maximum atomic E-state index is 5.88. The maximum Gasteiger partial charge on any atom is 0.143 e. The van der Waals surface area contributed by atoms with Gasteiger partial charge in [0.25, 0.3) is 0 Å². The Morgan fingerprint density at radius 1 is 1.50 bits per heavy atom. The fourth-order valence-electron chi connectivity index (χ4n) is 1.05. The summed E-state index contributed by atoms with van der Waals surface area (Å²) in [5.41, 5.74) is 0.763. The average molecular weight is 246 g/mol. The van der Waals surface area contributed by atoms with E-state index >= 15 is 0 Å². The Hall–Kier alpha value is -0.610. The highest BCUT2D eigenvalue weighted by atomic mass is 79.9. The van der Waals surface area contributed by atoms with E-state index in [0.717, 1.165) is 15.6 Å². The lowest BCUT2D eigenvalue weighted by Crippen LogP contribution is -1.87. The molecular weight excluding hydrogens is 241 g/mol. The molecule has 2 aromatic heterocycles. The lowest BCUT2D eigenvalue weighted by molar-refractivity contribution is 1.08. The minimum Gasteiger partial charge on any atom is -0.334 e. The van der Waals surface area contributed by atoms with Crippen molar-refractivity contribution in [2.45, 2.75) is 6.92 Å². The number of nitrogens with one attached hydrogen (secondary N) is 1. The van der Waals surface area contributed by atoms with Gasteiger partial charge in [0.15, 0.2) is 0 Å². The largest absolute Gasteiger partial charge is 0.334 e. The molecule has 12 heavy (non-hydrogen) atoms. The van der Waals surface area contributed by atoms with Gasteiger partial charge in [0.05, 0.1) is 9.99 Å². The Balaban J connectivity index is 2.88. The van der Waals surface area contributed by atoms with Crippen LogP contribution < -0.4 is 0 Å². The molecule has 0 atom stereocenters. The van der Waals surface area contributed by atoms with Crippen molar-refractivity contribution in [1.82, 2.24) is 15.0 Å². The molecule has 0 spiro atoms. The summed E-state index contributed by atoms with van der Waals surface area (Å²) < 4.78 is 0.860. The number of hydrogen-bond donors (Lipinski definition) is 1. The third kappa shape index (κ3) is 1.21. The van der Waals surface area contributed by atoms with Gasteiger partial charge < -0.3 is 4.98 Å². The molecule has 0 saturated heterocycles. The topological polar surface area (TPSA) is 41.6 Å². The van der Waals surface area contributed by atoms with Gasteiger partial charge in [0.2, 0.25) is 0 Å². The van der Waals surface area contributed by atoms with Crippen LogP contribution in [0.15, 0.2) is 10.7 Å². The standard InChI is InChI=1S/C7H5BrClN3/c1-3-10-6(9)4-2-5(8)12-7(4)11-3/h2H,1H3,(H,10,11,12). The van der Waals surface area contributed by atoms with E-state index in [0.29, 0.717) is 11.0 Å². The molecule has 0 aliphatic heterocycles. The lowest BCUT2D eigenvalue weighted by atomic mass is 10.4.